The number of hydrogen-bond acceptors (Lipinski definition) is 4. The molecule has 2 aromatic rings. The fourth-order valence-corrected chi connectivity index (χ4v) is 3.13. The van der Waals surface area contributed by atoms with E-state index < -0.39 is 28.2 Å². The van der Waals surface area contributed by atoms with Crippen molar-refractivity contribution in [2.75, 3.05) is 13.7 Å². The third kappa shape index (κ3) is 4.28. The molecule has 0 heterocycles. The van der Waals surface area contributed by atoms with Gasteiger partial charge < -0.3 is 4.74 Å². The minimum absolute atomic E-state index is 0.0878. The van der Waals surface area contributed by atoms with Gasteiger partial charge in [-0.2, -0.15) is 0 Å². The Kier molecular flexibility index (Phi) is 5.35. The lowest BCUT2D eigenvalue weighted by molar-refractivity contribution is 0.0997. The van der Waals surface area contributed by atoms with Gasteiger partial charge in [-0.25, -0.2) is 17.5 Å². The lowest BCUT2D eigenvalue weighted by atomic mass is 10.1. The number of nitrogens with one attached hydrogen (secondary N) is 1. The van der Waals surface area contributed by atoms with E-state index in [1.54, 1.807) is 0 Å². The highest BCUT2D eigenvalue weighted by molar-refractivity contribution is 7.89. The number of hydrogen-bond donors (Lipinski definition) is 1. The zero-order valence-corrected chi connectivity index (χ0v) is 13.6. The maximum atomic E-state index is 12.8. The molecule has 0 spiro atoms. The molecular formula is C15H13ClFNO4S. The van der Waals surface area contributed by atoms with E-state index in [9.17, 15) is 17.6 Å². The highest BCUT2D eigenvalue weighted by Crippen LogP contribution is 2.26. The molecule has 0 fully saturated rings. The largest absolute Gasteiger partial charge is 0.495 e. The van der Waals surface area contributed by atoms with E-state index >= 15 is 0 Å². The van der Waals surface area contributed by atoms with Gasteiger partial charge in [0.1, 0.15) is 11.6 Å². The summed E-state index contributed by atoms with van der Waals surface area (Å²) in [6.45, 7) is -0.447. The summed E-state index contributed by atoms with van der Waals surface area (Å²) in [6.07, 6.45) is 0. The summed E-state index contributed by atoms with van der Waals surface area (Å²) in [7, 11) is -2.49. The fraction of sp³-hybridized carbons (Fsp3) is 0.133. The molecule has 122 valence electrons. The zero-order chi connectivity index (χ0) is 17.0. The van der Waals surface area contributed by atoms with Crippen LogP contribution in [0.2, 0.25) is 5.02 Å². The second-order valence-corrected chi connectivity index (χ2v) is 6.73. The number of rotatable bonds is 6. The normalized spacial score (nSPS) is 11.3. The van der Waals surface area contributed by atoms with Crippen molar-refractivity contribution in [1.82, 2.24) is 4.72 Å². The van der Waals surface area contributed by atoms with Crippen LogP contribution in [0.15, 0.2) is 47.4 Å². The second kappa shape index (κ2) is 7.08. The van der Waals surface area contributed by atoms with Crippen molar-refractivity contribution < 1.29 is 22.3 Å². The minimum atomic E-state index is -3.90. The van der Waals surface area contributed by atoms with E-state index in [1.807, 2.05) is 0 Å². The molecule has 0 aromatic heterocycles. The highest BCUT2D eigenvalue weighted by atomic mass is 35.5. The van der Waals surface area contributed by atoms with Crippen LogP contribution in [0.5, 0.6) is 5.75 Å². The third-order valence-electron chi connectivity index (χ3n) is 3.02. The predicted molar refractivity (Wildman–Crippen MR) is 83.9 cm³/mol. The first-order valence-electron chi connectivity index (χ1n) is 6.45. The number of methoxy groups -OCH3 is 1. The van der Waals surface area contributed by atoms with Crippen LogP contribution in [0.4, 0.5) is 4.39 Å². The smallest absolute Gasteiger partial charge is 0.241 e. The summed E-state index contributed by atoms with van der Waals surface area (Å²) in [6, 6.07) is 8.79. The molecule has 2 rings (SSSR count). The first-order chi connectivity index (χ1) is 10.8. The fourth-order valence-electron chi connectivity index (χ4n) is 1.80. The SMILES string of the molecule is COc1ccc(S(=O)(=O)NCC(=O)c2ccc(F)cc2)cc1Cl. The summed E-state index contributed by atoms with van der Waals surface area (Å²) in [4.78, 5) is 11.8. The number of benzene rings is 2. The predicted octanol–water partition coefficient (Wildman–Crippen LogP) is 2.65. The van der Waals surface area contributed by atoms with E-state index in [0.717, 1.165) is 12.1 Å². The minimum Gasteiger partial charge on any atom is -0.495 e. The van der Waals surface area contributed by atoms with Crippen molar-refractivity contribution in [3.05, 3.63) is 58.9 Å². The lowest BCUT2D eigenvalue weighted by Crippen LogP contribution is -2.29. The van der Waals surface area contributed by atoms with Gasteiger partial charge in [0.2, 0.25) is 10.0 Å². The van der Waals surface area contributed by atoms with E-state index in [4.69, 9.17) is 16.3 Å². The van der Waals surface area contributed by atoms with E-state index in [-0.39, 0.29) is 15.5 Å². The summed E-state index contributed by atoms with van der Waals surface area (Å²) in [5.41, 5.74) is 0.210. The van der Waals surface area contributed by atoms with Gasteiger partial charge in [-0.3, -0.25) is 4.79 Å². The summed E-state index contributed by atoms with van der Waals surface area (Å²) in [5.74, 6) is -0.615. The molecule has 23 heavy (non-hydrogen) atoms. The van der Waals surface area contributed by atoms with Crippen LogP contribution < -0.4 is 9.46 Å². The molecule has 5 nitrogen and oxygen atoms in total. The Hall–Kier alpha value is -1.96. The van der Waals surface area contributed by atoms with Crippen LogP contribution >= 0.6 is 11.6 Å². The monoisotopic (exact) mass is 357 g/mol. The van der Waals surface area contributed by atoms with Crippen LogP contribution in [-0.4, -0.2) is 27.9 Å². The highest BCUT2D eigenvalue weighted by Gasteiger charge is 2.18. The molecule has 0 saturated carbocycles. The number of sulfonamides is 1. The molecule has 0 saturated heterocycles. The Morgan fingerprint density at radius 1 is 1.22 bits per heavy atom. The number of carbonyl (C=O) groups excluding carboxylic acids is 1. The zero-order valence-electron chi connectivity index (χ0n) is 12.0. The molecule has 0 aliphatic carbocycles. The van der Waals surface area contributed by atoms with Gasteiger partial charge in [0.05, 0.1) is 23.6 Å². The van der Waals surface area contributed by atoms with Crippen molar-refractivity contribution in [3.8, 4) is 5.75 Å². The first kappa shape index (κ1) is 17.4. The number of halogens is 2. The van der Waals surface area contributed by atoms with Crippen molar-refractivity contribution >= 4 is 27.4 Å². The number of ether oxygens (including phenoxy) is 1. The van der Waals surface area contributed by atoms with Crippen molar-refractivity contribution in [3.63, 3.8) is 0 Å². The standard InChI is InChI=1S/C15H13ClFNO4S/c1-22-15-7-6-12(8-13(15)16)23(20,21)18-9-14(19)10-2-4-11(17)5-3-10/h2-8,18H,9H2,1H3. The Morgan fingerprint density at radius 3 is 2.43 bits per heavy atom. The van der Waals surface area contributed by atoms with Crippen molar-refractivity contribution in [1.29, 1.82) is 0 Å². The Morgan fingerprint density at radius 2 is 1.87 bits per heavy atom. The summed E-state index contributed by atoms with van der Waals surface area (Å²) < 4.78 is 44.2. The molecule has 2 aromatic carbocycles. The summed E-state index contributed by atoms with van der Waals surface area (Å²) in [5, 5.41) is 0.139. The molecule has 8 heteroatoms. The van der Waals surface area contributed by atoms with E-state index in [1.165, 1.54) is 37.4 Å². The number of ketones is 1. The van der Waals surface area contributed by atoms with Gasteiger partial charge >= 0.3 is 0 Å². The van der Waals surface area contributed by atoms with Crippen LogP contribution in [-0.2, 0) is 10.0 Å². The van der Waals surface area contributed by atoms with Gasteiger partial charge in [0, 0.05) is 5.56 Å². The van der Waals surface area contributed by atoms with Crippen molar-refractivity contribution in [2.45, 2.75) is 4.90 Å². The molecule has 0 atom stereocenters. The van der Waals surface area contributed by atoms with Gasteiger partial charge in [-0.15, -0.1) is 0 Å². The molecule has 0 unspecified atom stereocenters. The van der Waals surface area contributed by atoms with E-state index in [0.29, 0.717) is 5.75 Å². The number of Topliss-reactive ketones (excluding diaryl/α,β-unsaturated/α-hetero) is 1. The Balaban J connectivity index is 2.11. The Labute approximate surface area is 138 Å². The topological polar surface area (TPSA) is 72.5 Å². The van der Waals surface area contributed by atoms with Gasteiger partial charge in [-0.1, -0.05) is 11.6 Å². The first-order valence-corrected chi connectivity index (χ1v) is 8.31. The quantitative estimate of drug-likeness (QED) is 0.807. The van der Waals surface area contributed by atoms with Crippen molar-refractivity contribution in [2.24, 2.45) is 0 Å². The van der Waals surface area contributed by atoms with Crippen LogP contribution in [0.3, 0.4) is 0 Å². The Bertz CT molecular complexity index is 822. The maximum Gasteiger partial charge on any atom is 0.241 e. The van der Waals surface area contributed by atoms with Gasteiger partial charge in [-0.05, 0) is 42.5 Å². The molecule has 0 amide bonds. The molecule has 1 N–H and O–H groups in total. The summed E-state index contributed by atoms with van der Waals surface area (Å²) >= 11 is 5.89. The molecule has 0 aliphatic heterocycles. The van der Waals surface area contributed by atoms with E-state index in [2.05, 4.69) is 4.72 Å². The average Bonchev–Trinajstić information content (AvgIpc) is 2.53. The molecule has 0 bridgehead atoms. The van der Waals surface area contributed by atoms with Crippen LogP contribution in [0.1, 0.15) is 10.4 Å². The second-order valence-electron chi connectivity index (χ2n) is 4.55. The molecular weight excluding hydrogens is 345 g/mol. The third-order valence-corrected chi connectivity index (χ3v) is 4.72. The molecule has 0 aliphatic rings. The lowest BCUT2D eigenvalue weighted by Gasteiger charge is -2.08. The average molecular weight is 358 g/mol. The molecule has 0 radical (unpaired) electrons. The maximum absolute atomic E-state index is 12.8. The number of carbonyl (C=O) groups is 1. The van der Waals surface area contributed by atoms with Crippen LogP contribution in [0, 0.1) is 5.82 Å². The van der Waals surface area contributed by atoms with Gasteiger partial charge in [0.25, 0.3) is 0 Å². The van der Waals surface area contributed by atoms with Crippen LogP contribution in [0.25, 0.3) is 0 Å². The van der Waals surface area contributed by atoms with Gasteiger partial charge in [0.15, 0.2) is 5.78 Å².